The Labute approximate surface area is 175 Å². The SMILES string of the molecule is Cc1nn(-c2ccccc2)cc1CCCN=C(N)N1CCN(c2nccs2)CC1. The maximum atomic E-state index is 6.23. The lowest BCUT2D eigenvalue weighted by Gasteiger charge is -2.35. The predicted octanol–water partition coefficient (Wildman–Crippen LogP) is 2.71. The van der Waals surface area contributed by atoms with Crippen molar-refractivity contribution in [2.24, 2.45) is 10.7 Å². The number of hydrogen-bond donors (Lipinski definition) is 1. The number of guanidine groups is 1. The van der Waals surface area contributed by atoms with Crippen LogP contribution in [0.1, 0.15) is 17.7 Å². The molecule has 2 N–H and O–H groups in total. The number of rotatable bonds is 6. The summed E-state index contributed by atoms with van der Waals surface area (Å²) >= 11 is 1.68. The molecule has 1 aromatic carbocycles. The standard InChI is InChI=1S/C21H27N7S/c1-17-18(16-28(25-17)19-7-3-2-4-8-19)6-5-9-23-20(22)26-11-13-27(14-12-26)21-24-10-15-29-21/h2-4,7-8,10,15-16H,5-6,9,11-14H2,1H3,(H2,22,23). The number of para-hydroxylation sites is 1. The van der Waals surface area contributed by atoms with Gasteiger partial charge in [-0.05, 0) is 37.5 Å². The van der Waals surface area contributed by atoms with Crippen LogP contribution in [0.2, 0.25) is 0 Å². The summed E-state index contributed by atoms with van der Waals surface area (Å²) in [5.74, 6) is 0.653. The van der Waals surface area contributed by atoms with E-state index in [4.69, 9.17) is 5.73 Å². The van der Waals surface area contributed by atoms with E-state index in [1.165, 1.54) is 5.56 Å². The van der Waals surface area contributed by atoms with Crippen LogP contribution in [0.15, 0.2) is 53.1 Å². The Morgan fingerprint density at radius 3 is 2.69 bits per heavy atom. The first-order chi connectivity index (χ1) is 14.2. The number of benzene rings is 1. The Hall–Kier alpha value is -2.87. The van der Waals surface area contributed by atoms with Crippen molar-refractivity contribution >= 4 is 22.4 Å². The van der Waals surface area contributed by atoms with E-state index in [2.05, 4.69) is 50.1 Å². The Bertz CT molecular complexity index is 925. The van der Waals surface area contributed by atoms with Gasteiger partial charge >= 0.3 is 0 Å². The zero-order chi connectivity index (χ0) is 20.1. The Morgan fingerprint density at radius 2 is 1.97 bits per heavy atom. The second-order valence-electron chi connectivity index (χ2n) is 7.15. The maximum absolute atomic E-state index is 6.23. The number of aromatic nitrogens is 3. The van der Waals surface area contributed by atoms with Gasteiger partial charge in [-0.3, -0.25) is 4.99 Å². The van der Waals surface area contributed by atoms with Gasteiger partial charge in [0.1, 0.15) is 0 Å². The molecule has 4 rings (SSSR count). The number of hydrogen-bond acceptors (Lipinski definition) is 5. The van der Waals surface area contributed by atoms with Crippen LogP contribution in [-0.2, 0) is 6.42 Å². The van der Waals surface area contributed by atoms with E-state index in [1.54, 1.807) is 11.3 Å². The van der Waals surface area contributed by atoms with Crippen molar-refractivity contribution in [1.82, 2.24) is 19.7 Å². The summed E-state index contributed by atoms with van der Waals surface area (Å²) in [5.41, 5.74) is 9.65. The average molecular weight is 410 g/mol. The highest BCUT2D eigenvalue weighted by atomic mass is 32.1. The van der Waals surface area contributed by atoms with Crippen LogP contribution >= 0.6 is 11.3 Å². The van der Waals surface area contributed by atoms with Crippen LogP contribution in [0.5, 0.6) is 0 Å². The molecule has 0 aliphatic carbocycles. The van der Waals surface area contributed by atoms with Crippen LogP contribution in [0.4, 0.5) is 5.13 Å². The van der Waals surface area contributed by atoms with Crippen LogP contribution < -0.4 is 10.6 Å². The fraction of sp³-hybridized carbons (Fsp3) is 0.381. The van der Waals surface area contributed by atoms with Gasteiger partial charge in [-0.15, -0.1) is 11.3 Å². The molecule has 0 bridgehead atoms. The van der Waals surface area contributed by atoms with Gasteiger partial charge in [-0.2, -0.15) is 5.10 Å². The van der Waals surface area contributed by atoms with Gasteiger partial charge in [0.2, 0.25) is 0 Å². The lowest BCUT2D eigenvalue weighted by atomic mass is 10.1. The van der Waals surface area contributed by atoms with Gasteiger partial charge in [0.25, 0.3) is 0 Å². The Morgan fingerprint density at radius 1 is 1.17 bits per heavy atom. The number of aliphatic imine (C=N–C) groups is 1. The van der Waals surface area contributed by atoms with E-state index in [0.717, 1.165) is 62.1 Å². The predicted molar refractivity (Wildman–Crippen MR) is 119 cm³/mol. The lowest BCUT2D eigenvalue weighted by Crippen LogP contribution is -2.51. The van der Waals surface area contributed by atoms with Gasteiger partial charge in [0, 0.05) is 50.5 Å². The van der Waals surface area contributed by atoms with Crippen molar-refractivity contribution in [2.45, 2.75) is 19.8 Å². The second kappa shape index (κ2) is 9.09. The number of piperazine rings is 1. The molecule has 0 spiro atoms. The fourth-order valence-corrected chi connectivity index (χ4v) is 4.21. The molecule has 0 atom stereocenters. The first-order valence-electron chi connectivity index (χ1n) is 10.0. The summed E-state index contributed by atoms with van der Waals surface area (Å²) in [6.45, 7) is 6.43. The van der Waals surface area contributed by atoms with Gasteiger partial charge in [0.15, 0.2) is 11.1 Å². The maximum Gasteiger partial charge on any atom is 0.191 e. The molecule has 3 heterocycles. The molecule has 29 heavy (non-hydrogen) atoms. The number of anilines is 1. The van der Waals surface area contributed by atoms with Crippen molar-refractivity contribution in [1.29, 1.82) is 0 Å². The summed E-state index contributed by atoms with van der Waals surface area (Å²) in [5, 5.41) is 7.74. The van der Waals surface area contributed by atoms with Crippen molar-refractivity contribution < 1.29 is 0 Å². The second-order valence-corrected chi connectivity index (χ2v) is 8.03. The monoisotopic (exact) mass is 409 g/mol. The van der Waals surface area contributed by atoms with E-state index in [0.29, 0.717) is 5.96 Å². The molecule has 8 heteroatoms. The van der Waals surface area contributed by atoms with E-state index < -0.39 is 0 Å². The molecule has 7 nitrogen and oxygen atoms in total. The highest BCUT2D eigenvalue weighted by Gasteiger charge is 2.19. The number of nitrogens with two attached hydrogens (primary N) is 1. The first kappa shape index (κ1) is 19.4. The molecule has 1 fully saturated rings. The summed E-state index contributed by atoms with van der Waals surface area (Å²) in [4.78, 5) is 13.5. The molecule has 2 aromatic heterocycles. The Kier molecular flexibility index (Phi) is 6.09. The molecule has 3 aromatic rings. The highest BCUT2D eigenvalue weighted by molar-refractivity contribution is 7.13. The smallest absolute Gasteiger partial charge is 0.191 e. The van der Waals surface area contributed by atoms with Crippen molar-refractivity contribution in [3.05, 3.63) is 59.4 Å². The van der Waals surface area contributed by atoms with Crippen molar-refractivity contribution in [2.75, 3.05) is 37.6 Å². The normalized spacial score (nSPS) is 15.1. The highest BCUT2D eigenvalue weighted by Crippen LogP contribution is 2.19. The molecule has 1 aliphatic rings. The minimum absolute atomic E-state index is 0.653. The third-order valence-corrected chi connectivity index (χ3v) is 6.03. The minimum atomic E-state index is 0.653. The third-order valence-electron chi connectivity index (χ3n) is 5.19. The molecule has 0 radical (unpaired) electrons. The van der Waals surface area contributed by atoms with E-state index in [-0.39, 0.29) is 0 Å². The van der Waals surface area contributed by atoms with E-state index >= 15 is 0 Å². The van der Waals surface area contributed by atoms with Gasteiger partial charge in [0.05, 0.1) is 11.4 Å². The number of nitrogens with zero attached hydrogens (tertiary/aromatic N) is 6. The third kappa shape index (κ3) is 4.76. The quantitative estimate of drug-likeness (QED) is 0.385. The fourth-order valence-electron chi connectivity index (χ4n) is 3.52. The van der Waals surface area contributed by atoms with Crippen molar-refractivity contribution in [3.63, 3.8) is 0 Å². The largest absolute Gasteiger partial charge is 0.370 e. The first-order valence-corrected chi connectivity index (χ1v) is 10.9. The summed E-state index contributed by atoms with van der Waals surface area (Å²) in [6, 6.07) is 10.2. The van der Waals surface area contributed by atoms with Gasteiger partial charge < -0.3 is 15.5 Å². The van der Waals surface area contributed by atoms with Crippen LogP contribution in [0.25, 0.3) is 5.69 Å². The lowest BCUT2D eigenvalue weighted by molar-refractivity contribution is 0.380. The molecular formula is C21H27N7S. The van der Waals surface area contributed by atoms with Crippen LogP contribution in [-0.4, -0.2) is 58.3 Å². The molecule has 0 saturated carbocycles. The minimum Gasteiger partial charge on any atom is -0.370 e. The van der Waals surface area contributed by atoms with E-state index in [9.17, 15) is 0 Å². The Balaban J connectivity index is 1.25. The van der Waals surface area contributed by atoms with Crippen molar-refractivity contribution in [3.8, 4) is 5.69 Å². The zero-order valence-electron chi connectivity index (χ0n) is 16.7. The summed E-state index contributed by atoms with van der Waals surface area (Å²) in [6.07, 6.45) is 5.89. The molecular weight excluding hydrogens is 382 g/mol. The summed E-state index contributed by atoms with van der Waals surface area (Å²) < 4.78 is 1.95. The topological polar surface area (TPSA) is 75.6 Å². The zero-order valence-corrected chi connectivity index (χ0v) is 17.6. The van der Waals surface area contributed by atoms with E-state index in [1.807, 2.05) is 34.5 Å². The van der Waals surface area contributed by atoms with Gasteiger partial charge in [-0.1, -0.05) is 18.2 Å². The molecule has 0 unspecified atom stereocenters. The molecule has 0 amide bonds. The summed E-state index contributed by atoms with van der Waals surface area (Å²) in [7, 11) is 0. The average Bonchev–Trinajstić information content (AvgIpc) is 3.42. The number of thiazole rings is 1. The molecule has 1 saturated heterocycles. The van der Waals surface area contributed by atoms with Crippen LogP contribution in [0.3, 0.4) is 0 Å². The molecule has 1 aliphatic heterocycles. The van der Waals surface area contributed by atoms with Crippen LogP contribution in [0, 0.1) is 6.92 Å². The molecule has 152 valence electrons. The number of aryl methyl sites for hydroxylation is 2. The van der Waals surface area contributed by atoms with Gasteiger partial charge in [-0.25, -0.2) is 9.67 Å².